The Hall–Kier alpha value is -4.13. The number of carbonyl (C=O) groups excluding carboxylic acids is 2. The van der Waals surface area contributed by atoms with Crippen molar-refractivity contribution in [3.63, 3.8) is 0 Å². The van der Waals surface area contributed by atoms with Gasteiger partial charge in [0.05, 0.1) is 11.4 Å². The number of pyridine rings is 1. The van der Waals surface area contributed by atoms with Gasteiger partial charge < -0.3 is 4.84 Å². The van der Waals surface area contributed by atoms with E-state index in [9.17, 15) is 9.59 Å². The van der Waals surface area contributed by atoms with Crippen LogP contribution in [0.1, 0.15) is 16.1 Å². The smallest absolute Gasteiger partial charge is 0.339 e. The van der Waals surface area contributed by atoms with Gasteiger partial charge in [0.15, 0.2) is 0 Å². The summed E-state index contributed by atoms with van der Waals surface area (Å²) >= 11 is 0. The topological polar surface area (TPSA) is 93.0 Å². The van der Waals surface area contributed by atoms with Crippen molar-refractivity contribution in [3.05, 3.63) is 96.3 Å². The maximum atomic E-state index is 11.8. The molecule has 1 N–H and O–H groups in total. The summed E-state index contributed by atoms with van der Waals surface area (Å²) in [6, 6.07) is 20.9. The normalized spacial score (nSPS) is 10.9. The van der Waals surface area contributed by atoms with Crippen LogP contribution in [-0.4, -0.2) is 16.9 Å². The van der Waals surface area contributed by atoms with Gasteiger partial charge in [-0.3, -0.25) is 9.78 Å². The summed E-state index contributed by atoms with van der Waals surface area (Å²) in [5.41, 5.74) is 4.70. The predicted octanol–water partition coefficient (Wildman–Crippen LogP) is 4.59. The summed E-state index contributed by atoms with van der Waals surface area (Å²) < 4.78 is 0. The molecule has 0 atom stereocenters. The standard InChI is InChI=1S/C21H16N4O3/c26-20(14-9-16-6-2-1-3-7-16)28-25-18-12-10-17(11-13-18)23-24-21(27)19-8-4-5-15-22-19/h1-15,25H. The second-order valence-electron chi connectivity index (χ2n) is 5.53. The Kier molecular flexibility index (Phi) is 6.35. The summed E-state index contributed by atoms with van der Waals surface area (Å²) in [7, 11) is 0. The number of nitrogens with one attached hydrogen (secondary N) is 1. The monoisotopic (exact) mass is 372 g/mol. The lowest BCUT2D eigenvalue weighted by Crippen LogP contribution is -2.07. The van der Waals surface area contributed by atoms with E-state index in [0.29, 0.717) is 11.4 Å². The van der Waals surface area contributed by atoms with Gasteiger partial charge in [0.25, 0.3) is 0 Å². The van der Waals surface area contributed by atoms with Crippen LogP contribution in [0.4, 0.5) is 11.4 Å². The van der Waals surface area contributed by atoms with Crippen molar-refractivity contribution in [2.24, 2.45) is 10.2 Å². The van der Waals surface area contributed by atoms with Crippen LogP contribution in [0.3, 0.4) is 0 Å². The molecule has 1 heterocycles. The average molecular weight is 372 g/mol. The first-order chi connectivity index (χ1) is 13.7. The third kappa shape index (κ3) is 5.70. The Bertz CT molecular complexity index is 985. The molecule has 7 heteroatoms. The van der Waals surface area contributed by atoms with Crippen LogP contribution < -0.4 is 5.48 Å². The highest BCUT2D eigenvalue weighted by molar-refractivity contribution is 5.92. The minimum Gasteiger partial charge on any atom is -0.339 e. The Morgan fingerprint density at radius 1 is 0.929 bits per heavy atom. The number of carbonyl (C=O) groups is 2. The minimum atomic E-state index is -0.534. The van der Waals surface area contributed by atoms with Crippen LogP contribution in [0.15, 0.2) is 95.3 Å². The van der Waals surface area contributed by atoms with Gasteiger partial charge in [0.2, 0.25) is 0 Å². The predicted molar refractivity (Wildman–Crippen MR) is 105 cm³/mol. The first kappa shape index (κ1) is 18.7. The van der Waals surface area contributed by atoms with Crippen molar-refractivity contribution in [1.82, 2.24) is 4.98 Å². The summed E-state index contributed by atoms with van der Waals surface area (Å²) in [5.74, 6) is -1.06. The number of hydrogen-bond acceptors (Lipinski definition) is 6. The van der Waals surface area contributed by atoms with E-state index in [1.54, 1.807) is 48.5 Å². The van der Waals surface area contributed by atoms with E-state index in [-0.39, 0.29) is 5.69 Å². The van der Waals surface area contributed by atoms with E-state index < -0.39 is 11.9 Å². The van der Waals surface area contributed by atoms with Gasteiger partial charge in [-0.1, -0.05) is 36.4 Å². The molecule has 3 rings (SSSR count). The molecule has 1 aromatic heterocycles. The van der Waals surface area contributed by atoms with Crippen molar-refractivity contribution in [2.45, 2.75) is 0 Å². The zero-order chi connectivity index (χ0) is 19.6. The molecule has 0 spiro atoms. The van der Waals surface area contributed by atoms with E-state index in [4.69, 9.17) is 4.84 Å². The van der Waals surface area contributed by atoms with Gasteiger partial charge in [-0.05, 0) is 48.0 Å². The van der Waals surface area contributed by atoms with E-state index in [2.05, 4.69) is 20.7 Å². The summed E-state index contributed by atoms with van der Waals surface area (Å²) in [6.45, 7) is 0. The third-order valence-electron chi connectivity index (χ3n) is 3.49. The molecule has 7 nitrogen and oxygen atoms in total. The number of rotatable bonds is 6. The highest BCUT2D eigenvalue weighted by atomic mass is 16.7. The molecule has 0 bridgehead atoms. The lowest BCUT2D eigenvalue weighted by atomic mass is 10.2. The summed E-state index contributed by atoms with van der Waals surface area (Å²) in [6.07, 6.45) is 4.50. The van der Waals surface area contributed by atoms with Crippen molar-refractivity contribution < 1.29 is 14.4 Å². The fraction of sp³-hybridized carbons (Fsp3) is 0. The van der Waals surface area contributed by atoms with Crippen LogP contribution >= 0.6 is 0 Å². The highest BCUT2D eigenvalue weighted by Crippen LogP contribution is 2.17. The van der Waals surface area contributed by atoms with E-state index in [1.165, 1.54) is 12.3 Å². The van der Waals surface area contributed by atoms with Crippen LogP contribution in [0, 0.1) is 0 Å². The second kappa shape index (κ2) is 9.54. The van der Waals surface area contributed by atoms with Crippen molar-refractivity contribution in [1.29, 1.82) is 0 Å². The minimum absolute atomic E-state index is 0.222. The molecule has 138 valence electrons. The van der Waals surface area contributed by atoms with Gasteiger partial charge in [-0.2, -0.15) is 0 Å². The zero-order valence-corrected chi connectivity index (χ0v) is 14.7. The van der Waals surface area contributed by atoms with Crippen LogP contribution in [0.2, 0.25) is 0 Å². The first-order valence-electron chi connectivity index (χ1n) is 8.38. The summed E-state index contributed by atoms with van der Waals surface area (Å²) in [5, 5.41) is 7.50. The number of benzene rings is 2. The van der Waals surface area contributed by atoms with Crippen molar-refractivity contribution in [2.75, 3.05) is 5.48 Å². The van der Waals surface area contributed by atoms with Gasteiger partial charge in [0.1, 0.15) is 5.69 Å². The van der Waals surface area contributed by atoms with Crippen LogP contribution in [0.25, 0.3) is 6.08 Å². The maximum Gasteiger partial charge on any atom is 0.355 e. The lowest BCUT2D eigenvalue weighted by molar-refractivity contribution is -0.134. The van der Waals surface area contributed by atoms with E-state index >= 15 is 0 Å². The van der Waals surface area contributed by atoms with Crippen LogP contribution in [0.5, 0.6) is 0 Å². The molecule has 28 heavy (non-hydrogen) atoms. The van der Waals surface area contributed by atoms with Crippen LogP contribution in [-0.2, 0) is 9.63 Å². The maximum absolute atomic E-state index is 11.8. The fourth-order valence-electron chi connectivity index (χ4n) is 2.11. The van der Waals surface area contributed by atoms with Gasteiger partial charge >= 0.3 is 11.9 Å². The Morgan fingerprint density at radius 2 is 1.68 bits per heavy atom. The second-order valence-corrected chi connectivity index (χ2v) is 5.53. The average Bonchev–Trinajstić information content (AvgIpc) is 2.76. The SMILES string of the molecule is O=C(C=Cc1ccccc1)ONc1ccc(N=NC(=O)c2ccccn2)cc1. The number of anilines is 1. The molecule has 0 radical (unpaired) electrons. The molecule has 0 saturated carbocycles. The van der Waals surface area contributed by atoms with Gasteiger partial charge in [-0.25, -0.2) is 10.3 Å². The molecule has 0 fully saturated rings. The third-order valence-corrected chi connectivity index (χ3v) is 3.49. The number of azo groups is 1. The van der Waals surface area contributed by atoms with E-state index in [0.717, 1.165) is 5.56 Å². The molecule has 0 aliphatic rings. The molecule has 0 aliphatic carbocycles. The molecule has 3 aromatic rings. The molecule has 2 aromatic carbocycles. The molecule has 0 saturated heterocycles. The molecule has 0 unspecified atom stereocenters. The molecule has 0 aliphatic heterocycles. The van der Waals surface area contributed by atoms with Crippen molar-refractivity contribution >= 4 is 29.3 Å². The number of hydrogen-bond donors (Lipinski definition) is 1. The Balaban J connectivity index is 1.50. The lowest BCUT2D eigenvalue weighted by Gasteiger charge is -2.04. The van der Waals surface area contributed by atoms with E-state index in [1.807, 2.05) is 30.3 Å². The molecular weight excluding hydrogens is 356 g/mol. The van der Waals surface area contributed by atoms with Gasteiger partial charge in [0, 0.05) is 12.3 Å². The number of nitrogens with zero attached hydrogens (tertiary/aromatic N) is 3. The quantitative estimate of drug-likeness (QED) is 0.388. The highest BCUT2D eigenvalue weighted by Gasteiger charge is 2.04. The Morgan fingerprint density at radius 3 is 2.39 bits per heavy atom. The first-order valence-corrected chi connectivity index (χ1v) is 8.38. The number of aromatic nitrogens is 1. The zero-order valence-electron chi connectivity index (χ0n) is 14.7. The molecule has 1 amide bonds. The largest absolute Gasteiger partial charge is 0.355 e. The fourth-order valence-corrected chi connectivity index (χ4v) is 2.11. The molecular formula is C21H16N4O3. The number of amides is 1. The van der Waals surface area contributed by atoms with Gasteiger partial charge in [-0.15, -0.1) is 10.2 Å². The Labute approximate surface area is 161 Å². The van der Waals surface area contributed by atoms with Crippen molar-refractivity contribution in [3.8, 4) is 0 Å². The summed E-state index contributed by atoms with van der Waals surface area (Å²) in [4.78, 5) is 32.4.